The van der Waals surface area contributed by atoms with Crippen LogP contribution < -0.4 is 5.56 Å². The van der Waals surface area contributed by atoms with Crippen LogP contribution in [0.15, 0.2) is 10.9 Å². The average Bonchev–Trinajstić information content (AvgIpc) is 2.58. The molecule has 0 amide bonds. The summed E-state index contributed by atoms with van der Waals surface area (Å²) in [4.78, 5) is 16.3. The van der Waals surface area contributed by atoms with Gasteiger partial charge in [0.25, 0.3) is 5.56 Å². The molecule has 80 valence electrons. The van der Waals surface area contributed by atoms with E-state index in [4.69, 9.17) is 0 Å². The van der Waals surface area contributed by atoms with Gasteiger partial charge in [0, 0.05) is 11.5 Å². The highest BCUT2D eigenvalue weighted by atomic mass is 16.1. The smallest absolute Gasteiger partial charge is 0.274 e. The number of pyridine rings is 1. The number of aryl methyl sites for hydroxylation is 1. The van der Waals surface area contributed by atoms with Crippen molar-refractivity contribution in [3.63, 3.8) is 0 Å². The SMILES string of the molecule is Cc1cc2nc(C(C)C)[nH]n2c(=O)c1C. The molecule has 0 aromatic carbocycles. The van der Waals surface area contributed by atoms with Crippen LogP contribution in [0.5, 0.6) is 0 Å². The Bertz CT molecular complexity index is 563. The van der Waals surface area contributed by atoms with E-state index in [1.165, 1.54) is 4.52 Å². The number of hydrogen-bond donors (Lipinski definition) is 1. The molecule has 0 spiro atoms. The second kappa shape index (κ2) is 3.22. The Labute approximate surface area is 87.9 Å². The number of aromatic amines is 1. The fraction of sp³-hybridized carbons (Fsp3) is 0.455. The van der Waals surface area contributed by atoms with Gasteiger partial charge in [-0.1, -0.05) is 13.8 Å². The second-order valence-corrected chi connectivity index (χ2v) is 4.21. The van der Waals surface area contributed by atoms with Gasteiger partial charge in [0.05, 0.1) is 0 Å². The molecule has 0 saturated heterocycles. The zero-order valence-corrected chi connectivity index (χ0v) is 9.46. The van der Waals surface area contributed by atoms with Crippen LogP contribution in [0, 0.1) is 13.8 Å². The number of rotatable bonds is 1. The maximum Gasteiger partial charge on any atom is 0.274 e. The van der Waals surface area contributed by atoms with Gasteiger partial charge in [-0.05, 0) is 25.5 Å². The van der Waals surface area contributed by atoms with Gasteiger partial charge in [-0.3, -0.25) is 9.89 Å². The summed E-state index contributed by atoms with van der Waals surface area (Å²) >= 11 is 0. The molecule has 2 aromatic heterocycles. The molecule has 0 radical (unpaired) electrons. The Morgan fingerprint density at radius 3 is 2.67 bits per heavy atom. The number of fused-ring (bicyclic) bond motifs is 1. The molecule has 4 heteroatoms. The fourth-order valence-corrected chi connectivity index (χ4v) is 1.52. The van der Waals surface area contributed by atoms with E-state index in [9.17, 15) is 4.79 Å². The summed E-state index contributed by atoms with van der Waals surface area (Å²) in [7, 11) is 0. The summed E-state index contributed by atoms with van der Waals surface area (Å²) in [5.74, 6) is 1.14. The van der Waals surface area contributed by atoms with Crippen LogP contribution in [0.3, 0.4) is 0 Å². The first kappa shape index (κ1) is 9.96. The first-order valence-electron chi connectivity index (χ1n) is 5.09. The molecule has 0 fully saturated rings. The maximum absolute atomic E-state index is 11.9. The first-order chi connectivity index (χ1) is 7.00. The summed E-state index contributed by atoms with van der Waals surface area (Å²) in [5, 5.41) is 3.02. The molecule has 1 N–H and O–H groups in total. The number of aromatic nitrogens is 3. The average molecular weight is 205 g/mol. The summed E-state index contributed by atoms with van der Waals surface area (Å²) in [6.07, 6.45) is 0. The largest absolute Gasteiger partial charge is 0.276 e. The first-order valence-corrected chi connectivity index (χ1v) is 5.09. The quantitative estimate of drug-likeness (QED) is 0.771. The van der Waals surface area contributed by atoms with E-state index in [0.29, 0.717) is 11.6 Å². The lowest BCUT2D eigenvalue weighted by Crippen LogP contribution is -2.17. The fourth-order valence-electron chi connectivity index (χ4n) is 1.52. The highest BCUT2D eigenvalue weighted by molar-refractivity contribution is 5.43. The lowest BCUT2D eigenvalue weighted by atomic mass is 10.2. The Morgan fingerprint density at radius 1 is 1.40 bits per heavy atom. The molecule has 2 rings (SSSR count). The van der Waals surface area contributed by atoms with Crippen LogP contribution in [0.25, 0.3) is 5.65 Å². The Kier molecular flexibility index (Phi) is 2.14. The number of hydrogen-bond acceptors (Lipinski definition) is 2. The molecule has 0 atom stereocenters. The zero-order valence-electron chi connectivity index (χ0n) is 9.46. The molecule has 0 bridgehead atoms. The van der Waals surface area contributed by atoms with Gasteiger partial charge in [0.2, 0.25) is 0 Å². The Balaban J connectivity index is 2.82. The lowest BCUT2D eigenvalue weighted by Gasteiger charge is -1.98. The molecule has 0 aliphatic carbocycles. The molecule has 2 aromatic rings. The Hall–Kier alpha value is -1.58. The van der Waals surface area contributed by atoms with Gasteiger partial charge >= 0.3 is 0 Å². The van der Waals surface area contributed by atoms with Crippen molar-refractivity contribution in [3.8, 4) is 0 Å². The lowest BCUT2D eigenvalue weighted by molar-refractivity contribution is 0.757. The second-order valence-electron chi connectivity index (χ2n) is 4.21. The molecule has 15 heavy (non-hydrogen) atoms. The predicted octanol–water partition coefficient (Wildman–Crippen LogP) is 1.76. The van der Waals surface area contributed by atoms with Crippen molar-refractivity contribution in [3.05, 3.63) is 33.4 Å². The van der Waals surface area contributed by atoms with Crippen molar-refractivity contribution in [2.24, 2.45) is 0 Å². The van der Waals surface area contributed by atoms with Crippen LogP contribution in [0.2, 0.25) is 0 Å². The van der Waals surface area contributed by atoms with Gasteiger partial charge in [-0.2, -0.15) is 4.52 Å². The van der Waals surface area contributed by atoms with E-state index < -0.39 is 0 Å². The zero-order chi connectivity index (χ0) is 11.2. The number of nitrogens with one attached hydrogen (secondary N) is 1. The topological polar surface area (TPSA) is 50.2 Å². The minimum absolute atomic E-state index is 0.00981. The maximum atomic E-state index is 11.9. The van der Waals surface area contributed by atoms with E-state index in [1.807, 2.05) is 33.8 Å². The third kappa shape index (κ3) is 1.46. The van der Waals surface area contributed by atoms with Crippen LogP contribution >= 0.6 is 0 Å². The van der Waals surface area contributed by atoms with Gasteiger partial charge in [0.1, 0.15) is 5.82 Å². The van der Waals surface area contributed by atoms with Crippen LogP contribution in [-0.2, 0) is 0 Å². The molecule has 0 aliphatic rings. The van der Waals surface area contributed by atoms with Crippen molar-refractivity contribution in [2.75, 3.05) is 0 Å². The monoisotopic (exact) mass is 205 g/mol. The van der Waals surface area contributed by atoms with Gasteiger partial charge in [0.15, 0.2) is 5.65 Å². The molecular formula is C11H15N3O. The molecule has 4 nitrogen and oxygen atoms in total. The molecule has 0 unspecified atom stereocenters. The number of H-pyrrole nitrogens is 1. The van der Waals surface area contributed by atoms with E-state index in [1.54, 1.807) is 0 Å². The molecule has 0 aliphatic heterocycles. The third-order valence-electron chi connectivity index (χ3n) is 2.70. The predicted molar refractivity (Wildman–Crippen MR) is 59.4 cm³/mol. The van der Waals surface area contributed by atoms with Gasteiger partial charge in [-0.15, -0.1) is 0 Å². The van der Waals surface area contributed by atoms with Crippen molar-refractivity contribution in [1.82, 2.24) is 14.6 Å². The van der Waals surface area contributed by atoms with Crippen LogP contribution in [0.4, 0.5) is 0 Å². The molecular weight excluding hydrogens is 190 g/mol. The van der Waals surface area contributed by atoms with Crippen molar-refractivity contribution in [2.45, 2.75) is 33.6 Å². The summed E-state index contributed by atoms with van der Waals surface area (Å²) in [5.41, 5.74) is 2.45. The molecule has 0 saturated carbocycles. The summed E-state index contributed by atoms with van der Waals surface area (Å²) < 4.78 is 1.51. The minimum Gasteiger partial charge on any atom is -0.276 e. The standard InChI is InChI=1S/C11H15N3O/c1-6(2)10-12-9-5-7(3)8(4)11(15)14(9)13-10/h5-6H,1-4H3,(H,12,13). The van der Waals surface area contributed by atoms with E-state index in [2.05, 4.69) is 10.1 Å². The van der Waals surface area contributed by atoms with Gasteiger partial charge < -0.3 is 0 Å². The van der Waals surface area contributed by atoms with E-state index in [-0.39, 0.29) is 5.56 Å². The van der Waals surface area contributed by atoms with E-state index in [0.717, 1.165) is 17.0 Å². The molecule has 2 heterocycles. The highest BCUT2D eigenvalue weighted by Gasteiger charge is 2.10. The van der Waals surface area contributed by atoms with Crippen LogP contribution in [0.1, 0.15) is 36.7 Å². The van der Waals surface area contributed by atoms with E-state index >= 15 is 0 Å². The highest BCUT2D eigenvalue weighted by Crippen LogP contribution is 2.11. The van der Waals surface area contributed by atoms with Crippen molar-refractivity contribution in [1.29, 1.82) is 0 Å². The number of nitrogens with zero attached hydrogens (tertiary/aromatic N) is 2. The summed E-state index contributed by atoms with van der Waals surface area (Å²) in [6, 6.07) is 1.93. The van der Waals surface area contributed by atoms with Crippen molar-refractivity contribution >= 4 is 5.65 Å². The van der Waals surface area contributed by atoms with Crippen molar-refractivity contribution < 1.29 is 0 Å². The Morgan fingerprint density at radius 2 is 2.07 bits per heavy atom. The normalized spacial score (nSPS) is 11.5. The summed E-state index contributed by atoms with van der Waals surface area (Å²) in [6.45, 7) is 7.85. The van der Waals surface area contributed by atoms with Gasteiger partial charge in [-0.25, -0.2) is 4.98 Å². The van der Waals surface area contributed by atoms with Crippen LogP contribution in [-0.4, -0.2) is 14.6 Å². The third-order valence-corrected chi connectivity index (χ3v) is 2.70. The minimum atomic E-state index is -0.00981.